The number of nitrogens with two attached hydrogens (primary N) is 1. The Hall–Kier alpha value is -0.890. The maximum absolute atomic E-state index is 5.94. The first kappa shape index (κ1) is 11.6. The van der Waals surface area contributed by atoms with E-state index < -0.39 is 0 Å². The van der Waals surface area contributed by atoms with Crippen LogP contribution in [0.3, 0.4) is 0 Å². The number of nitrogen functional groups attached to an aromatic ring is 1. The number of rotatable bonds is 2. The minimum absolute atomic E-state index is 0.553. The van der Waals surface area contributed by atoms with Gasteiger partial charge in [0.1, 0.15) is 0 Å². The maximum Gasteiger partial charge on any atom is 0.0577 e. The first-order valence-electron chi connectivity index (χ1n) is 5.98. The van der Waals surface area contributed by atoms with Crippen LogP contribution < -0.4 is 11.1 Å². The second kappa shape index (κ2) is 4.96. The van der Waals surface area contributed by atoms with Gasteiger partial charge in [0, 0.05) is 11.1 Å². The van der Waals surface area contributed by atoms with Crippen molar-refractivity contribution in [2.45, 2.75) is 38.6 Å². The standard InChI is InChI=1S/C13H19ClN2/c1-9-4-2-3-5-12(9)16-13-7-6-10(14)8-11(13)15/h6-9,12,16H,2-5,15H2,1H3/t9-,12+/m0/s1. The van der Waals surface area contributed by atoms with E-state index in [1.54, 1.807) is 6.07 Å². The molecule has 2 nitrogen and oxygen atoms in total. The van der Waals surface area contributed by atoms with Crippen molar-refractivity contribution in [1.29, 1.82) is 0 Å². The van der Waals surface area contributed by atoms with Gasteiger partial charge in [0.15, 0.2) is 0 Å². The van der Waals surface area contributed by atoms with Crippen molar-refractivity contribution in [2.75, 3.05) is 11.1 Å². The highest BCUT2D eigenvalue weighted by Crippen LogP contribution is 2.29. The molecule has 1 aromatic carbocycles. The monoisotopic (exact) mass is 238 g/mol. The first-order chi connectivity index (χ1) is 7.66. The maximum atomic E-state index is 5.94. The Balaban J connectivity index is 2.07. The zero-order valence-corrected chi connectivity index (χ0v) is 10.4. The molecular weight excluding hydrogens is 220 g/mol. The van der Waals surface area contributed by atoms with Gasteiger partial charge >= 0.3 is 0 Å². The van der Waals surface area contributed by atoms with Gasteiger partial charge < -0.3 is 11.1 Å². The number of anilines is 2. The van der Waals surface area contributed by atoms with Gasteiger partial charge in [0.05, 0.1) is 11.4 Å². The summed E-state index contributed by atoms with van der Waals surface area (Å²) < 4.78 is 0. The van der Waals surface area contributed by atoms with Crippen LogP contribution in [0.2, 0.25) is 5.02 Å². The molecule has 1 aliphatic carbocycles. The highest BCUT2D eigenvalue weighted by atomic mass is 35.5. The van der Waals surface area contributed by atoms with Gasteiger partial charge in [-0.1, -0.05) is 31.4 Å². The molecule has 3 heteroatoms. The van der Waals surface area contributed by atoms with Crippen molar-refractivity contribution in [3.8, 4) is 0 Å². The number of benzene rings is 1. The van der Waals surface area contributed by atoms with Crippen LogP contribution in [-0.2, 0) is 0 Å². The van der Waals surface area contributed by atoms with Crippen molar-refractivity contribution < 1.29 is 0 Å². The van der Waals surface area contributed by atoms with Crippen molar-refractivity contribution in [3.05, 3.63) is 23.2 Å². The Labute approximate surface area is 102 Å². The molecule has 2 rings (SSSR count). The molecule has 0 spiro atoms. The summed E-state index contributed by atoms with van der Waals surface area (Å²) in [7, 11) is 0. The van der Waals surface area contributed by atoms with Crippen LogP contribution in [0, 0.1) is 5.92 Å². The molecule has 0 aromatic heterocycles. The van der Waals surface area contributed by atoms with E-state index in [4.69, 9.17) is 17.3 Å². The highest BCUT2D eigenvalue weighted by Gasteiger charge is 2.21. The molecule has 1 aliphatic rings. The number of hydrogen-bond donors (Lipinski definition) is 2. The quantitative estimate of drug-likeness (QED) is 0.767. The molecule has 1 aromatic rings. The average Bonchev–Trinajstić information content (AvgIpc) is 2.25. The predicted molar refractivity (Wildman–Crippen MR) is 70.9 cm³/mol. The summed E-state index contributed by atoms with van der Waals surface area (Å²) in [4.78, 5) is 0. The minimum atomic E-state index is 0.553. The minimum Gasteiger partial charge on any atom is -0.397 e. The largest absolute Gasteiger partial charge is 0.397 e. The third kappa shape index (κ3) is 2.62. The molecule has 88 valence electrons. The molecule has 0 radical (unpaired) electrons. The van der Waals surface area contributed by atoms with E-state index in [0.717, 1.165) is 17.3 Å². The van der Waals surface area contributed by atoms with Crippen molar-refractivity contribution >= 4 is 23.0 Å². The number of hydrogen-bond acceptors (Lipinski definition) is 2. The molecule has 0 heterocycles. The lowest BCUT2D eigenvalue weighted by molar-refractivity contribution is 0.349. The lowest BCUT2D eigenvalue weighted by atomic mass is 9.86. The third-order valence-electron chi connectivity index (χ3n) is 3.47. The average molecular weight is 239 g/mol. The topological polar surface area (TPSA) is 38.0 Å². The molecule has 0 amide bonds. The van der Waals surface area contributed by atoms with E-state index in [0.29, 0.717) is 11.1 Å². The van der Waals surface area contributed by atoms with Gasteiger partial charge in [-0.2, -0.15) is 0 Å². The summed E-state index contributed by atoms with van der Waals surface area (Å²) in [6.07, 6.45) is 5.22. The van der Waals surface area contributed by atoms with E-state index in [-0.39, 0.29) is 0 Å². The lowest BCUT2D eigenvalue weighted by Gasteiger charge is -2.30. The Bertz CT molecular complexity index is 365. The normalized spacial score (nSPS) is 25.4. The summed E-state index contributed by atoms with van der Waals surface area (Å²) in [5, 5.41) is 4.24. The zero-order valence-electron chi connectivity index (χ0n) is 9.67. The summed E-state index contributed by atoms with van der Waals surface area (Å²) in [5.74, 6) is 0.726. The molecular formula is C13H19ClN2. The van der Waals surface area contributed by atoms with Crippen LogP contribution in [0.1, 0.15) is 32.6 Å². The molecule has 0 aliphatic heterocycles. The van der Waals surface area contributed by atoms with Crippen molar-refractivity contribution in [2.24, 2.45) is 5.92 Å². The second-order valence-electron chi connectivity index (χ2n) is 4.74. The van der Waals surface area contributed by atoms with E-state index in [2.05, 4.69) is 12.2 Å². The lowest BCUT2D eigenvalue weighted by Crippen LogP contribution is -2.30. The van der Waals surface area contributed by atoms with E-state index in [1.165, 1.54) is 25.7 Å². The highest BCUT2D eigenvalue weighted by molar-refractivity contribution is 6.31. The number of nitrogens with one attached hydrogen (secondary N) is 1. The summed E-state index contributed by atoms with van der Waals surface area (Å²) in [6.45, 7) is 2.31. The van der Waals surface area contributed by atoms with Crippen LogP contribution in [0.5, 0.6) is 0 Å². The SMILES string of the molecule is C[C@H]1CCCC[C@H]1Nc1ccc(Cl)cc1N. The van der Waals surface area contributed by atoms with Crippen LogP contribution >= 0.6 is 11.6 Å². The third-order valence-corrected chi connectivity index (χ3v) is 3.70. The van der Waals surface area contributed by atoms with Gasteiger partial charge in [-0.15, -0.1) is 0 Å². The zero-order chi connectivity index (χ0) is 11.5. The van der Waals surface area contributed by atoms with Crippen molar-refractivity contribution in [3.63, 3.8) is 0 Å². The Morgan fingerprint density at radius 1 is 1.31 bits per heavy atom. The van der Waals surface area contributed by atoms with Crippen LogP contribution in [0.4, 0.5) is 11.4 Å². The summed E-state index contributed by atoms with van der Waals surface area (Å²) in [6, 6.07) is 6.21. The summed E-state index contributed by atoms with van der Waals surface area (Å²) in [5.41, 5.74) is 7.69. The smallest absolute Gasteiger partial charge is 0.0577 e. The van der Waals surface area contributed by atoms with Crippen LogP contribution in [0.25, 0.3) is 0 Å². The molecule has 0 bridgehead atoms. The summed E-state index contributed by atoms with van der Waals surface area (Å²) >= 11 is 5.88. The molecule has 0 saturated heterocycles. The fourth-order valence-electron chi connectivity index (χ4n) is 2.40. The predicted octanol–water partition coefficient (Wildman–Crippen LogP) is 3.91. The van der Waals surface area contributed by atoms with Crippen molar-refractivity contribution in [1.82, 2.24) is 0 Å². The molecule has 3 N–H and O–H groups in total. The van der Waals surface area contributed by atoms with E-state index >= 15 is 0 Å². The molecule has 0 unspecified atom stereocenters. The van der Waals surface area contributed by atoms with Gasteiger partial charge in [0.25, 0.3) is 0 Å². The fraction of sp³-hybridized carbons (Fsp3) is 0.538. The molecule has 2 atom stereocenters. The fourth-order valence-corrected chi connectivity index (χ4v) is 2.58. The van der Waals surface area contributed by atoms with Crippen LogP contribution in [0.15, 0.2) is 18.2 Å². The van der Waals surface area contributed by atoms with Gasteiger partial charge in [-0.3, -0.25) is 0 Å². The van der Waals surface area contributed by atoms with Crippen LogP contribution in [-0.4, -0.2) is 6.04 Å². The Morgan fingerprint density at radius 2 is 2.06 bits per heavy atom. The molecule has 1 fully saturated rings. The van der Waals surface area contributed by atoms with Gasteiger partial charge in [0.2, 0.25) is 0 Å². The molecule has 1 saturated carbocycles. The van der Waals surface area contributed by atoms with E-state index in [1.807, 2.05) is 12.1 Å². The second-order valence-corrected chi connectivity index (χ2v) is 5.18. The van der Waals surface area contributed by atoms with Gasteiger partial charge in [-0.05, 0) is 37.0 Å². The number of halogens is 1. The van der Waals surface area contributed by atoms with Gasteiger partial charge in [-0.25, -0.2) is 0 Å². The first-order valence-corrected chi connectivity index (χ1v) is 6.36. The van der Waals surface area contributed by atoms with E-state index in [9.17, 15) is 0 Å². The Kier molecular flexibility index (Phi) is 3.59. The molecule has 16 heavy (non-hydrogen) atoms. The Morgan fingerprint density at radius 3 is 2.75 bits per heavy atom.